The van der Waals surface area contributed by atoms with Gasteiger partial charge in [0.2, 0.25) is 15.9 Å². The molecule has 8 nitrogen and oxygen atoms in total. The third-order valence-electron chi connectivity index (χ3n) is 6.20. The second kappa shape index (κ2) is 9.00. The molecule has 0 saturated carbocycles. The van der Waals surface area contributed by atoms with Crippen molar-refractivity contribution in [3.8, 4) is 0 Å². The number of sulfonamides is 1. The van der Waals surface area contributed by atoms with E-state index in [0.29, 0.717) is 36.8 Å². The highest BCUT2D eigenvalue weighted by atomic mass is 32.2. The highest BCUT2D eigenvalue weighted by Gasteiger charge is 2.38. The summed E-state index contributed by atoms with van der Waals surface area (Å²) in [6.45, 7) is 5.91. The number of rotatable bonds is 5. The molecule has 1 atom stereocenters. The smallest absolute Gasteiger partial charge is 0.248 e. The van der Waals surface area contributed by atoms with Crippen LogP contribution in [0, 0.1) is 18.8 Å². The van der Waals surface area contributed by atoms with E-state index in [1.165, 1.54) is 10.6 Å². The van der Waals surface area contributed by atoms with E-state index in [0.717, 1.165) is 25.9 Å². The molecule has 31 heavy (non-hydrogen) atoms. The number of hydrogen-bond acceptors (Lipinski definition) is 6. The largest absolute Gasteiger partial charge is 0.465 e. The molecule has 0 aromatic carbocycles. The van der Waals surface area contributed by atoms with E-state index in [1.807, 2.05) is 4.90 Å². The third kappa shape index (κ3) is 4.62. The predicted molar refractivity (Wildman–Crippen MR) is 115 cm³/mol. The number of piperidine rings is 2. The van der Waals surface area contributed by atoms with Crippen LogP contribution < -0.4 is 0 Å². The van der Waals surface area contributed by atoms with E-state index in [-0.39, 0.29) is 29.0 Å². The maximum atomic E-state index is 13.5. The normalized spacial score (nSPS) is 21.7. The zero-order valence-electron chi connectivity index (χ0n) is 18.0. The van der Waals surface area contributed by atoms with E-state index in [9.17, 15) is 13.2 Å². The molecule has 168 valence electrons. The van der Waals surface area contributed by atoms with Crippen molar-refractivity contribution in [3.05, 3.63) is 35.6 Å². The van der Waals surface area contributed by atoms with Crippen LogP contribution >= 0.6 is 0 Å². The summed E-state index contributed by atoms with van der Waals surface area (Å²) in [5.41, 5.74) is 0.303. The van der Waals surface area contributed by atoms with Gasteiger partial charge in [0.1, 0.15) is 11.5 Å². The number of hydrogen-bond donors (Lipinski definition) is 0. The fraction of sp³-hybridized carbons (Fsp3) is 0.545. The minimum atomic E-state index is -3.85. The summed E-state index contributed by atoms with van der Waals surface area (Å²) in [5.74, 6) is 1.15. The molecule has 2 saturated heterocycles. The van der Waals surface area contributed by atoms with Gasteiger partial charge >= 0.3 is 0 Å². The first-order valence-corrected chi connectivity index (χ1v) is 12.3. The van der Waals surface area contributed by atoms with Crippen molar-refractivity contribution in [1.29, 1.82) is 0 Å². The van der Waals surface area contributed by atoms with Crippen LogP contribution in [0.3, 0.4) is 0 Å². The first-order chi connectivity index (χ1) is 14.9. The molecule has 4 rings (SSSR count). The van der Waals surface area contributed by atoms with Crippen LogP contribution in [0.2, 0.25) is 0 Å². The van der Waals surface area contributed by atoms with Crippen molar-refractivity contribution >= 4 is 28.1 Å². The minimum Gasteiger partial charge on any atom is -0.465 e. The van der Waals surface area contributed by atoms with Gasteiger partial charge in [-0.15, -0.1) is 0 Å². The summed E-state index contributed by atoms with van der Waals surface area (Å²) in [5, 5.41) is 3.87. The zero-order chi connectivity index (χ0) is 22.0. The molecule has 9 heteroatoms. The first kappa shape index (κ1) is 21.8. The van der Waals surface area contributed by atoms with Gasteiger partial charge in [-0.2, -0.15) is 4.31 Å². The Balaban J connectivity index is 1.52. The van der Waals surface area contributed by atoms with Gasteiger partial charge < -0.3 is 13.8 Å². The number of likely N-dealkylation sites (tertiary alicyclic amines) is 1. The highest BCUT2D eigenvalue weighted by Crippen LogP contribution is 2.30. The van der Waals surface area contributed by atoms with Crippen molar-refractivity contribution in [2.24, 2.45) is 11.8 Å². The summed E-state index contributed by atoms with van der Waals surface area (Å²) in [6.07, 6.45) is 8.10. The molecule has 2 aliphatic heterocycles. The second-order valence-corrected chi connectivity index (χ2v) is 10.4. The van der Waals surface area contributed by atoms with Crippen molar-refractivity contribution in [3.63, 3.8) is 0 Å². The van der Waals surface area contributed by atoms with Gasteiger partial charge in [0.05, 0.1) is 12.2 Å². The number of nitrogens with zero attached hydrogens (tertiary/aromatic N) is 3. The van der Waals surface area contributed by atoms with Crippen LogP contribution in [0.15, 0.2) is 32.2 Å². The Morgan fingerprint density at radius 3 is 2.68 bits per heavy atom. The van der Waals surface area contributed by atoms with Crippen LogP contribution in [-0.4, -0.2) is 54.9 Å². The molecule has 0 spiro atoms. The number of carbonyl (C=O) groups excluding carboxylic acids is 1. The number of furan rings is 1. The Morgan fingerprint density at radius 2 is 1.97 bits per heavy atom. The number of carbonyl (C=O) groups is 1. The molecule has 0 aliphatic carbocycles. The lowest BCUT2D eigenvalue weighted by Gasteiger charge is -2.36. The Kier molecular flexibility index (Phi) is 6.34. The standard InChI is InChI=1S/C22H29N3O5S/c1-16-9-12-24(13-10-16)22(26)18-5-3-11-25(15-18)31(27,28)21-17(2)23-30-20(21)8-7-19-6-4-14-29-19/h4,6-8,14,16,18H,3,5,9-13,15H2,1-2H3/b8-7+. The summed E-state index contributed by atoms with van der Waals surface area (Å²) in [6, 6.07) is 3.51. The Bertz CT molecular complexity index is 1030. The van der Waals surface area contributed by atoms with Gasteiger partial charge in [-0.1, -0.05) is 12.1 Å². The Labute approximate surface area is 182 Å². The molecular weight excluding hydrogens is 418 g/mol. The van der Waals surface area contributed by atoms with E-state index in [2.05, 4.69) is 12.1 Å². The number of amides is 1. The van der Waals surface area contributed by atoms with Gasteiger partial charge in [0.25, 0.3) is 0 Å². The lowest BCUT2D eigenvalue weighted by atomic mass is 9.94. The molecule has 1 amide bonds. The highest BCUT2D eigenvalue weighted by molar-refractivity contribution is 7.89. The van der Waals surface area contributed by atoms with Crippen molar-refractivity contribution < 1.29 is 22.2 Å². The van der Waals surface area contributed by atoms with Crippen LogP contribution in [0.1, 0.15) is 49.8 Å². The van der Waals surface area contributed by atoms with Gasteiger partial charge in [0, 0.05) is 26.2 Å². The van der Waals surface area contributed by atoms with Crippen molar-refractivity contribution in [2.45, 2.75) is 44.4 Å². The summed E-state index contributed by atoms with van der Waals surface area (Å²) in [7, 11) is -3.85. The molecular formula is C22H29N3O5S. The number of aryl methyl sites for hydroxylation is 1. The average molecular weight is 448 g/mol. The van der Waals surface area contributed by atoms with E-state index in [1.54, 1.807) is 31.2 Å². The van der Waals surface area contributed by atoms with Gasteiger partial charge in [0.15, 0.2) is 10.7 Å². The Hall–Kier alpha value is -2.39. The van der Waals surface area contributed by atoms with Gasteiger partial charge in [-0.05, 0) is 62.8 Å². The molecule has 0 N–H and O–H groups in total. The summed E-state index contributed by atoms with van der Waals surface area (Å²) < 4.78 is 38.9. The van der Waals surface area contributed by atoms with Crippen molar-refractivity contribution in [2.75, 3.05) is 26.2 Å². The molecule has 0 bridgehead atoms. The molecule has 2 aliphatic rings. The average Bonchev–Trinajstić information content (AvgIpc) is 3.42. The molecule has 2 aromatic heterocycles. The minimum absolute atomic E-state index is 0.0511. The zero-order valence-corrected chi connectivity index (χ0v) is 18.8. The molecule has 2 aromatic rings. The fourth-order valence-electron chi connectivity index (χ4n) is 4.32. The van der Waals surface area contributed by atoms with Crippen LogP contribution in [0.25, 0.3) is 12.2 Å². The quantitative estimate of drug-likeness (QED) is 0.697. The lowest BCUT2D eigenvalue weighted by Crippen LogP contribution is -2.48. The molecule has 2 fully saturated rings. The fourth-order valence-corrected chi connectivity index (χ4v) is 6.10. The van der Waals surface area contributed by atoms with Gasteiger partial charge in [-0.3, -0.25) is 4.79 Å². The van der Waals surface area contributed by atoms with Crippen LogP contribution in [-0.2, 0) is 14.8 Å². The SMILES string of the molecule is Cc1noc(/C=C/c2ccco2)c1S(=O)(=O)N1CCCC(C(=O)N2CCC(C)CC2)C1. The molecule has 4 heterocycles. The van der Waals surface area contributed by atoms with Crippen LogP contribution in [0.5, 0.6) is 0 Å². The van der Waals surface area contributed by atoms with E-state index < -0.39 is 10.0 Å². The second-order valence-electron chi connectivity index (χ2n) is 8.52. The summed E-state index contributed by atoms with van der Waals surface area (Å²) >= 11 is 0. The first-order valence-electron chi connectivity index (χ1n) is 10.8. The van der Waals surface area contributed by atoms with Crippen LogP contribution in [0.4, 0.5) is 0 Å². The van der Waals surface area contributed by atoms with E-state index in [4.69, 9.17) is 8.94 Å². The summed E-state index contributed by atoms with van der Waals surface area (Å²) in [4.78, 5) is 15.0. The maximum Gasteiger partial charge on any atom is 0.248 e. The monoisotopic (exact) mass is 447 g/mol. The molecule has 1 unspecified atom stereocenters. The number of aromatic nitrogens is 1. The van der Waals surface area contributed by atoms with Crippen molar-refractivity contribution in [1.82, 2.24) is 14.4 Å². The molecule has 0 radical (unpaired) electrons. The maximum absolute atomic E-state index is 13.5. The van der Waals surface area contributed by atoms with E-state index >= 15 is 0 Å². The van der Waals surface area contributed by atoms with Gasteiger partial charge in [-0.25, -0.2) is 8.42 Å². The predicted octanol–water partition coefficient (Wildman–Crippen LogP) is 3.41. The topological polar surface area (TPSA) is 96.9 Å². The third-order valence-corrected chi connectivity index (χ3v) is 8.23. The Morgan fingerprint density at radius 1 is 1.19 bits per heavy atom. The lowest BCUT2D eigenvalue weighted by molar-refractivity contribution is -0.138.